The highest BCUT2D eigenvalue weighted by Crippen LogP contribution is 2.26. The van der Waals surface area contributed by atoms with Crippen molar-refractivity contribution in [1.82, 2.24) is 0 Å². The molecular weight excluding hydrogens is 284 g/mol. The maximum atomic E-state index is 11.8. The molecule has 21 heavy (non-hydrogen) atoms. The summed E-state index contributed by atoms with van der Waals surface area (Å²) in [5, 5.41) is 12.1. The number of nitrogens with zero attached hydrogens (tertiary/aromatic N) is 1. The highest BCUT2D eigenvalue weighted by molar-refractivity contribution is 7.99. The largest absolute Gasteiger partial charge is 0.377 e. The second-order valence-corrected chi connectivity index (χ2v) is 6.46. The molecule has 1 N–H and O–H groups in total. The molecule has 0 radical (unpaired) electrons. The minimum atomic E-state index is 0.0241. The lowest BCUT2D eigenvalue weighted by Crippen LogP contribution is -2.15. The normalized spacial score (nSPS) is 21.0. The maximum absolute atomic E-state index is 11.8. The van der Waals surface area contributed by atoms with Gasteiger partial charge in [0.05, 0.1) is 17.7 Å². The number of benzene rings is 1. The molecule has 112 valence electrons. The minimum absolute atomic E-state index is 0.0241. The fourth-order valence-corrected chi connectivity index (χ4v) is 3.48. The topological polar surface area (TPSA) is 62.1 Å². The van der Waals surface area contributed by atoms with Gasteiger partial charge < -0.3 is 10.1 Å². The predicted molar refractivity (Wildman–Crippen MR) is 85.3 cm³/mol. The van der Waals surface area contributed by atoms with Crippen LogP contribution in [0, 0.1) is 11.3 Å². The van der Waals surface area contributed by atoms with Gasteiger partial charge in [0.25, 0.3) is 0 Å². The van der Waals surface area contributed by atoms with Crippen LogP contribution >= 0.6 is 11.8 Å². The second-order valence-electron chi connectivity index (χ2n) is 5.11. The van der Waals surface area contributed by atoms with E-state index in [1.165, 1.54) is 0 Å². The molecule has 1 fully saturated rings. The third-order valence-electron chi connectivity index (χ3n) is 3.48. The van der Waals surface area contributed by atoms with Crippen molar-refractivity contribution in [3.63, 3.8) is 0 Å². The molecule has 2 rings (SSSR count). The van der Waals surface area contributed by atoms with Crippen LogP contribution in [-0.4, -0.2) is 29.6 Å². The summed E-state index contributed by atoms with van der Waals surface area (Å²) in [4.78, 5) is 11.8. The minimum Gasteiger partial charge on any atom is -0.377 e. The molecule has 1 aromatic rings. The molecule has 1 aliphatic rings. The van der Waals surface area contributed by atoms with Crippen LogP contribution in [-0.2, 0) is 9.53 Å². The highest BCUT2D eigenvalue weighted by atomic mass is 32.2. The van der Waals surface area contributed by atoms with Gasteiger partial charge in [0, 0.05) is 24.0 Å². The van der Waals surface area contributed by atoms with Crippen molar-refractivity contribution in [3.05, 3.63) is 29.8 Å². The molecule has 5 heteroatoms. The van der Waals surface area contributed by atoms with Crippen molar-refractivity contribution in [3.8, 4) is 6.07 Å². The van der Waals surface area contributed by atoms with Gasteiger partial charge in [0.1, 0.15) is 0 Å². The Morgan fingerprint density at radius 2 is 2.24 bits per heavy atom. The summed E-state index contributed by atoms with van der Waals surface area (Å²) < 4.78 is 5.52. The van der Waals surface area contributed by atoms with Crippen LogP contribution < -0.4 is 5.32 Å². The summed E-state index contributed by atoms with van der Waals surface area (Å²) in [6, 6.07) is 8.96. The summed E-state index contributed by atoms with van der Waals surface area (Å²) in [5.41, 5.74) is 1.33. The van der Waals surface area contributed by atoms with Crippen molar-refractivity contribution in [2.24, 2.45) is 0 Å². The molecule has 1 aromatic carbocycles. The van der Waals surface area contributed by atoms with Gasteiger partial charge in [-0.15, -0.1) is 0 Å². The van der Waals surface area contributed by atoms with Crippen molar-refractivity contribution < 1.29 is 9.53 Å². The number of hydrogen-bond donors (Lipinski definition) is 1. The Morgan fingerprint density at radius 3 is 2.86 bits per heavy atom. The van der Waals surface area contributed by atoms with Gasteiger partial charge in [0.2, 0.25) is 5.91 Å². The van der Waals surface area contributed by atoms with E-state index in [1.54, 1.807) is 24.3 Å². The number of ether oxygens (including phenoxy) is 1. The molecule has 1 heterocycles. The van der Waals surface area contributed by atoms with Crippen molar-refractivity contribution in [2.45, 2.75) is 37.5 Å². The molecule has 0 aromatic heterocycles. The Balaban J connectivity index is 1.64. The Kier molecular flexibility index (Phi) is 6.09. The zero-order valence-electron chi connectivity index (χ0n) is 12.2. The van der Waals surface area contributed by atoms with Gasteiger partial charge in [0.15, 0.2) is 0 Å². The first-order valence-corrected chi connectivity index (χ1v) is 8.27. The quantitative estimate of drug-likeness (QED) is 0.820. The van der Waals surface area contributed by atoms with E-state index >= 15 is 0 Å². The molecule has 4 nitrogen and oxygen atoms in total. The molecule has 0 bridgehead atoms. The molecule has 0 spiro atoms. The Morgan fingerprint density at radius 1 is 1.48 bits per heavy atom. The van der Waals surface area contributed by atoms with Crippen molar-refractivity contribution in [1.29, 1.82) is 5.26 Å². The lowest BCUT2D eigenvalue weighted by atomic mass is 10.2. The number of hydrogen-bond acceptors (Lipinski definition) is 4. The van der Waals surface area contributed by atoms with Gasteiger partial charge in [-0.3, -0.25) is 4.79 Å². The Labute approximate surface area is 129 Å². The smallest absolute Gasteiger partial charge is 0.224 e. The van der Waals surface area contributed by atoms with E-state index in [-0.39, 0.29) is 5.91 Å². The molecular formula is C16H20N2O2S. The monoisotopic (exact) mass is 304 g/mol. The fraction of sp³-hybridized carbons (Fsp3) is 0.500. The number of carbonyl (C=O) groups is 1. The number of nitriles is 1. The summed E-state index contributed by atoms with van der Waals surface area (Å²) >= 11 is 1.90. The first-order valence-electron chi connectivity index (χ1n) is 7.22. The van der Waals surface area contributed by atoms with Gasteiger partial charge in [-0.05, 0) is 49.8 Å². The van der Waals surface area contributed by atoms with Crippen molar-refractivity contribution >= 4 is 23.4 Å². The lowest BCUT2D eigenvalue weighted by Gasteiger charge is -2.13. The van der Waals surface area contributed by atoms with E-state index in [0.29, 0.717) is 23.3 Å². The highest BCUT2D eigenvalue weighted by Gasteiger charge is 2.23. The summed E-state index contributed by atoms with van der Waals surface area (Å²) in [7, 11) is 0. The van der Waals surface area contributed by atoms with Crippen LogP contribution in [0.25, 0.3) is 0 Å². The number of carbonyl (C=O) groups excluding carboxylic acids is 1. The molecule has 2 atom stereocenters. The van der Waals surface area contributed by atoms with Gasteiger partial charge in [-0.2, -0.15) is 17.0 Å². The molecule has 1 saturated heterocycles. The average molecular weight is 304 g/mol. The first-order chi connectivity index (χ1) is 10.2. The maximum Gasteiger partial charge on any atom is 0.224 e. The molecule has 0 saturated carbocycles. The van der Waals surface area contributed by atoms with Crippen molar-refractivity contribution in [2.75, 3.05) is 17.7 Å². The predicted octanol–water partition coefficient (Wildman–Crippen LogP) is 3.19. The van der Waals surface area contributed by atoms with E-state index in [4.69, 9.17) is 10.00 Å². The third-order valence-corrected chi connectivity index (χ3v) is 5.06. The van der Waals surface area contributed by atoms with Crippen LogP contribution in [0.2, 0.25) is 0 Å². The van der Waals surface area contributed by atoms with Crippen LogP contribution in [0.15, 0.2) is 24.3 Å². The SMILES string of the molecule is CC1OCCC1SCCCC(=O)Nc1ccc(C#N)cc1. The fourth-order valence-electron chi connectivity index (χ4n) is 2.25. The summed E-state index contributed by atoms with van der Waals surface area (Å²) in [6.45, 7) is 2.97. The Bertz CT molecular complexity index is 510. The van der Waals surface area contributed by atoms with Gasteiger partial charge in [-0.1, -0.05) is 0 Å². The zero-order valence-corrected chi connectivity index (χ0v) is 13.0. The van der Waals surface area contributed by atoms with Crippen LogP contribution in [0.5, 0.6) is 0 Å². The third kappa shape index (κ3) is 5.07. The second kappa shape index (κ2) is 8.06. The van der Waals surface area contributed by atoms with E-state index in [1.807, 2.05) is 11.8 Å². The molecule has 1 aliphatic heterocycles. The number of thioether (sulfide) groups is 1. The van der Waals surface area contributed by atoms with Crippen LogP contribution in [0.4, 0.5) is 5.69 Å². The summed E-state index contributed by atoms with van der Waals surface area (Å²) in [6.07, 6.45) is 2.84. The van der Waals surface area contributed by atoms with E-state index in [0.717, 1.165) is 30.9 Å². The van der Waals surface area contributed by atoms with E-state index in [9.17, 15) is 4.79 Å². The van der Waals surface area contributed by atoms with Crippen LogP contribution in [0.3, 0.4) is 0 Å². The average Bonchev–Trinajstić information content (AvgIpc) is 2.90. The van der Waals surface area contributed by atoms with E-state index in [2.05, 4.69) is 18.3 Å². The lowest BCUT2D eigenvalue weighted by molar-refractivity contribution is -0.116. The number of anilines is 1. The van der Waals surface area contributed by atoms with E-state index < -0.39 is 0 Å². The molecule has 0 aliphatic carbocycles. The molecule has 2 unspecified atom stereocenters. The number of rotatable bonds is 6. The first kappa shape index (κ1) is 15.9. The van der Waals surface area contributed by atoms with Gasteiger partial charge >= 0.3 is 0 Å². The number of amides is 1. The molecule has 1 amide bonds. The number of nitrogens with one attached hydrogen (secondary N) is 1. The van der Waals surface area contributed by atoms with Crippen LogP contribution in [0.1, 0.15) is 31.7 Å². The van der Waals surface area contributed by atoms with Gasteiger partial charge in [-0.25, -0.2) is 0 Å². The zero-order chi connectivity index (χ0) is 15.1. The Hall–Kier alpha value is -1.51. The standard InChI is InChI=1S/C16H20N2O2S/c1-12-15(8-9-20-12)21-10-2-3-16(19)18-14-6-4-13(11-17)5-7-14/h4-7,12,15H,2-3,8-10H2,1H3,(H,18,19). The summed E-state index contributed by atoms with van der Waals surface area (Å²) in [5.74, 6) is 1.01.